The molecule has 0 radical (unpaired) electrons. The number of amides is 4. The smallest absolute Gasteiger partial charge is 0.253 e. The van der Waals surface area contributed by atoms with Crippen LogP contribution < -0.4 is 11.1 Å². The van der Waals surface area contributed by atoms with Crippen LogP contribution in [0.3, 0.4) is 0 Å². The van der Waals surface area contributed by atoms with Crippen LogP contribution in [0.25, 0.3) is 0 Å². The second-order valence-electron chi connectivity index (χ2n) is 4.39. The second kappa shape index (κ2) is 17.6. The van der Waals surface area contributed by atoms with E-state index in [0.717, 1.165) is 4.90 Å². The molecule has 0 spiro atoms. The Morgan fingerprint density at radius 3 is 2.08 bits per heavy atom. The van der Waals surface area contributed by atoms with E-state index in [2.05, 4.69) is 5.32 Å². The van der Waals surface area contributed by atoms with Crippen molar-refractivity contribution in [2.45, 2.75) is 34.1 Å². The van der Waals surface area contributed by atoms with E-state index >= 15 is 0 Å². The Bertz CT molecular complexity index is 447. The molecule has 0 fully saturated rings. The van der Waals surface area contributed by atoms with E-state index in [1.54, 1.807) is 0 Å². The molecule has 9 heteroatoms. The molecule has 4 amide bonds. The summed E-state index contributed by atoms with van der Waals surface area (Å²) in [5.74, 6) is -1.63. The van der Waals surface area contributed by atoms with Gasteiger partial charge in [-0.3, -0.25) is 24.1 Å². The van der Waals surface area contributed by atoms with E-state index in [-0.39, 0.29) is 45.3 Å². The largest absolute Gasteiger partial charge is 0.377 e. The molecule has 1 rings (SSSR count). The molecule has 1 heterocycles. The zero-order chi connectivity index (χ0) is 20.4. The van der Waals surface area contributed by atoms with Crippen LogP contribution in [-0.4, -0.2) is 68.0 Å². The number of carbonyl (C=O) groups excluding carboxylic acids is 4. The molecule has 0 aromatic heterocycles. The van der Waals surface area contributed by atoms with Crippen LogP contribution in [0.2, 0.25) is 0 Å². The molecule has 0 aromatic carbocycles. The van der Waals surface area contributed by atoms with Gasteiger partial charge in [-0.05, 0) is 0 Å². The fourth-order valence-corrected chi connectivity index (χ4v) is 1.61. The lowest BCUT2D eigenvalue weighted by Crippen LogP contribution is -2.35. The first-order valence-electron chi connectivity index (χ1n) is 8.74. The molecule has 150 valence electrons. The van der Waals surface area contributed by atoms with E-state index in [1.165, 1.54) is 12.2 Å². The highest BCUT2D eigenvalue weighted by atomic mass is 16.5. The number of nitrogens with one attached hydrogen (secondary N) is 1. The van der Waals surface area contributed by atoms with Crippen LogP contribution in [0.5, 0.6) is 0 Å². The first kappa shape index (κ1) is 26.0. The second-order valence-corrected chi connectivity index (χ2v) is 4.39. The van der Waals surface area contributed by atoms with E-state index in [1.807, 2.05) is 27.7 Å². The summed E-state index contributed by atoms with van der Waals surface area (Å²) in [5, 5.41) is 2.60. The molecule has 0 aliphatic carbocycles. The SMILES string of the molecule is CC.CC.NC(=O)COCCOCCNC(=O)CCN1C(=O)C=CC1=O. The van der Waals surface area contributed by atoms with Crippen LogP contribution >= 0.6 is 0 Å². The van der Waals surface area contributed by atoms with Crippen molar-refractivity contribution >= 4 is 23.6 Å². The lowest BCUT2D eigenvalue weighted by atomic mass is 10.3. The molecule has 0 saturated carbocycles. The minimum absolute atomic E-state index is 0.0425. The van der Waals surface area contributed by atoms with Crippen molar-refractivity contribution in [3.05, 3.63) is 12.2 Å². The fourth-order valence-electron chi connectivity index (χ4n) is 1.61. The molecular weight excluding hydrogens is 342 g/mol. The summed E-state index contributed by atoms with van der Waals surface area (Å²) in [7, 11) is 0. The fraction of sp³-hybridized carbons (Fsp3) is 0.647. The van der Waals surface area contributed by atoms with Crippen molar-refractivity contribution in [3.8, 4) is 0 Å². The maximum Gasteiger partial charge on any atom is 0.253 e. The maximum absolute atomic E-state index is 11.5. The summed E-state index contributed by atoms with van der Waals surface area (Å²) in [6.45, 7) is 9.01. The average Bonchev–Trinajstić information content (AvgIpc) is 2.96. The zero-order valence-corrected chi connectivity index (χ0v) is 16.1. The predicted octanol–water partition coefficient (Wildman–Crippen LogP) is -0.0114. The Balaban J connectivity index is 0. The van der Waals surface area contributed by atoms with Gasteiger partial charge in [0.15, 0.2) is 0 Å². The Morgan fingerprint density at radius 1 is 1.00 bits per heavy atom. The molecule has 0 unspecified atom stereocenters. The normalized spacial score (nSPS) is 12.1. The quantitative estimate of drug-likeness (QED) is 0.387. The minimum Gasteiger partial charge on any atom is -0.377 e. The number of ether oxygens (including phenoxy) is 2. The maximum atomic E-state index is 11.5. The minimum atomic E-state index is -0.544. The average molecular weight is 373 g/mol. The van der Waals surface area contributed by atoms with Crippen molar-refractivity contribution in [3.63, 3.8) is 0 Å². The van der Waals surface area contributed by atoms with Crippen molar-refractivity contribution in [1.82, 2.24) is 10.2 Å². The molecule has 9 nitrogen and oxygen atoms in total. The van der Waals surface area contributed by atoms with Crippen molar-refractivity contribution in [2.75, 3.05) is 39.5 Å². The Morgan fingerprint density at radius 2 is 1.54 bits per heavy atom. The number of primary amides is 1. The number of nitrogens with zero attached hydrogens (tertiary/aromatic N) is 1. The molecule has 1 aliphatic rings. The highest BCUT2D eigenvalue weighted by Crippen LogP contribution is 2.03. The zero-order valence-electron chi connectivity index (χ0n) is 16.1. The Hall–Kier alpha value is -2.26. The standard InChI is InChI=1S/C13H19N3O6.2C2H6/c14-10(17)9-22-8-7-21-6-4-15-11(18)3-5-16-12(19)1-2-13(16)20;2*1-2/h1-2H,3-9H2,(H2,14,17)(H,15,18);2*1-2H3. The highest BCUT2D eigenvalue weighted by molar-refractivity contribution is 6.13. The van der Waals surface area contributed by atoms with Gasteiger partial charge in [0.1, 0.15) is 6.61 Å². The molecule has 3 N–H and O–H groups in total. The number of nitrogens with two attached hydrogens (primary N) is 1. The summed E-state index contributed by atoms with van der Waals surface area (Å²) < 4.78 is 10.0. The van der Waals surface area contributed by atoms with Gasteiger partial charge < -0.3 is 20.5 Å². The van der Waals surface area contributed by atoms with Crippen molar-refractivity contribution in [1.29, 1.82) is 0 Å². The van der Waals surface area contributed by atoms with Gasteiger partial charge in [-0.15, -0.1) is 0 Å². The third kappa shape index (κ3) is 13.1. The summed E-state index contributed by atoms with van der Waals surface area (Å²) >= 11 is 0. The van der Waals surface area contributed by atoms with Gasteiger partial charge >= 0.3 is 0 Å². The lowest BCUT2D eigenvalue weighted by Gasteiger charge is -2.13. The number of carbonyl (C=O) groups is 4. The Labute approximate surface area is 154 Å². The van der Waals surface area contributed by atoms with E-state index < -0.39 is 17.7 Å². The summed E-state index contributed by atoms with van der Waals surface area (Å²) in [4.78, 5) is 45.4. The van der Waals surface area contributed by atoms with Crippen molar-refractivity contribution in [2.24, 2.45) is 5.73 Å². The van der Waals surface area contributed by atoms with Gasteiger partial charge in [-0.1, -0.05) is 27.7 Å². The van der Waals surface area contributed by atoms with Gasteiger partial charge in [0, 0.05) is 31.7 Å². The molecule has 0 atom stereocenters. The number of imide groups is 1. The summed E-state index contributed by atoms with van der Waals surface area (Å²) in [6, 6.07) is 0. The van der Waals surface area contributed by atoms with Gasteiger partial charge in [-0.2, -0.15) is 0 Å². The predicted molar refractivity (Wildman–Crippen MR) is 97.0 cm³/mol. The van der Waals surface area contributed by atoms with Gasteiger partial charge in [-0.25, -0.2) is 0 Å². The third-order valence-electron chi connectivity index (χ3n) is 2.65. The van der Waals surface area contributed by atoms with E-state index in [0.29, 0.717) is 6.54 Å². The Kier molecular flexibility index (Phi) is 17.5. The molecular formula is C17H31N3O6. The van der Waals surface area contributed by atoms with Crippen LogP contribution in [0.1, 0.15) is 34.1 Å². The van der Waals surface area contributed by atoms with Crippen LogP contribution in [0, 0.1) is 0 Å². The first-order chi connectivity index (χ1) is 12.5. The lowest BCUT2D eigenvalue weighted by molar-refractivity contribution is -0.137. The number of hydrogen-bond donors (Lipinski definition) is 2. The van der Waals surface area contributed by atoms with E-state index in [9.17, 15) is 19.2 Å². The monoisotopic (exact) mass is 373 g/mol. The molecule has 0 aromatic rings. The van der Waals surface area contributed by atoms with Crippen LogP contribution in [0.4, 0.5) is 0 Å². The molecule has 26 heavy (non-hydrogen) atoms. The van der Waals surface area contributed by atoms with Crippen LogP contribution in [-0.2, 0) is 28.7 Å². The summed E-state index contributed by atoms with van der Waals surface area (Å²) in [6.07, 6.45) is 2.39. The van der Waals surface area contributed by atoms with Gasteiger partial charge in [0.05, 0.1) is 19.8 Å². The molecule has 0 bridgehead atoms. The van der Waals surface area contributed by atoms with Gasteiger partial charge in [0.2, 0.25) is 11.8 Å². The van der Waals surface area contributed by atoms with Gasteiger partial charge in [0.25, 0.3) is 11.8 Å². The molecule has 1 aliphatic heterocycles. The third-order valence-corrected chi connectivity index (χ3v) is 2.65. The molecule has 0 saturated heterocycles. The van der Waals surface area contributed by atoms with Crippen LogP contribution in [0.15, 0.2) is 12.2 Å². The van der Waals surface area contributed by atoms with Crippen molar-refractivity contribution < 1.29 is 28.7 Å². The number of rotatable bonds is 11. The highest BCUT2D eigenvalue weighted by Gasteiger charge is 2.23. The number of hydrogen-bond acceptors (Lipinski definition) is 6. The topological polar surface area (TPSA) is 128 Å². The first-order valence-corrected chi connectivity index (χ1v) is 8.74. The van der Waals surface area contributed by atoms with E-state index in [4.69, 9.17) is 15.2 Å². The summed E-state index contributed by atoms with van der Waals surface area (Å²) in [5.41, 5.74) is 4.88.